The molecule has 0 spiro atoms. The first-order chi connectivity index (χ1) is 20.1. The molecule has 0 bridgehead atoms. The number of benzene rings is 2. The Kier molecular flexibility index (Phi) is 15.7. The Morgan fingerprint density at radius 1 is 1.14 bits per heavy atom. The van der Waals surface area contributed by atoms with Gasteiger partial charge < -0.3 is 31.8 Å². The fourth-order valence-corrected chi connectivity index (χ4v) is 5.63. The molecule has 0 unspecified atom stereocenters. The van der Waals surface area contributed by atoms with Crippen LogP contribution in [-0.4, -0.2) is 74.2 Å². The van der Waals surface area contributed by atoms with Gasteiger partial charge in [-0.05, 0) is 36.9 Å². The van der Waals surface area contributed by atoms with Crippen molar-refractivity contribution < 1.29 is 19.2 Å². The number of unbranched alkanes of at least 4 members (excludes halogenated alkanes) is 2. The standard InChI is InChI=1S/C14H28N2O3.C12H14N2.C5H8N2OS/c1-5-6-7-8-13(18)15-12-16(4)19-10-9-14(2,3)11-17;1-14-8-9-4-2-6-11-10(9)5-3-7-12(11)13;8-5-6-3-1-9-2-4(3)7-5/h11H,5-10,12H2,1-4H3,(H,15,18);2-7,14H,8,13H2,1H3;3-4H,1-2H2,(H2,6,7,8)/t;;3-,4+. The van der Waals surface area contributed by atoms with Gasteiger partial charge in [0.1, 0.15) is 6.29 Å². The predicted molar refractivity (Wildman–Crippen MR) is 173 cm³/mol. The van der Waals surface area contributed by atoms with Crippen LogP contribution in [0.4, 0.5) is 10.5 Å². The number of carbonyl (C=O) groups excluding carboxylic acids is 3. The summed E-state index contributed by atoms with van der Waals surface area (Å²) in [5, 5.41) is 15.6. The Morgan fingerprint density at radius 2 is 1.81 bits per heavy atom. The van der Waals surface area contributed by atoms with Crippen LogP contribution in [0.2, 0.25) is 0 Å². The van der Waals surface area contributed by atoms with Crippen LogP contribution >= 0.6 is 11.8 Å². The van der Waals surface area contributed by atoms with Gasteiger partial charge in [-0.15, -0.1) is 0 Å². The number of nitrogens with one attached hydrogen (secondary N) is 4. The lowest BCUT2D eigenvalue weighted by molar-refractivity contribution is -0.155. The minimum atomic E-state index is -0.357. The van der Waals surface area contributed by atoms with Crippen molar-refractivity contribution in [1.29, 1.82) is 0 Å². The Morgan fingerprint density at radius 3 is 2.45 bits per heavy atom. The Hall–Kier alpha value is -2.86. The molecule has 3 amide bonds. The zero-order valence-electron chi connectivity index (χ0n) is 25.8. The van der Waals surface area contributed by atoms with Crippen LogP contribution in [-0.2, 0) is 21.0 Å². The van der Waals surface area contributed by atoms with E-state index in [0.717, 1.165) is 54.7 Å². The molecule has 0 saturated carbocycles. The van der Waals surface area contributed by atoms with Crippen LogP contribution in [0, 0.1) is 5.41 Å². The van der Waals surface area contributed by atoms with Gasteiger partial charge in [0, 0.05) is 48.0 Å². The van der Waals surface area contributed by atoms with Crippen LogP contribution in [0.15, 0.2) is 36.4 Å². The van der Waals surface area contributed by atoms with Crippen LogP contribution in [0.5, 0.6) is 0 Å². The number of hydrogen-bond acceptors (Lipinski definition) is 8. The lowest BCUT2D eigenvalue weighted by Crippen LogP contribution is -2.35. The van der Waals surface area contributed by atoms with E-state index in [0.29, 0.717) is 38.2 Å². The van der Waals surface area contributed by atoms with Gasteiger partial charge >= 0.3 is 6.03 Å². The van der Waals surface area contributed by atoms with Gasteiger partial charge in [0.05, 0.1) is 25.4 Å². The molecule has 2 atom stereocenters. The highest BCUT2D eigenvalue weighted by molar-refractivity contribution is 7.99. The second kappa shape index (κ2) is 18.6. The number of urea groups is 1. The smallest absolute Gasteiger partial charge is 0.315 e. The maximum atomic E-state index is 11.5. The van der Waals surface area contributed by atoms with Crippen molar-refractivity contribution in [2.24, 2.45) is 5.41 Å². The maximum absolute atomic E-state index is 11.5. The Bertz CT molecular complexity index is 1120. The number of nitrogens with two attached hydrogens (primary N) is 1. The first kappa shape index (κ1) is 35.3. The zero-order chi connectivity index (χ0) is 31.0. The van der Waals surface area contributed by atoms with Crippen molar-refractivity contribution in [3.05, 3.63) is 42.0 Å². The molecular weight excluding hydrogens is 552 g/mol. The number of carbonyl (C=O) groups is 3. The molecule has 10 nitrogen and oxygen atoms in total. The molecule has 2 aromatic carbocycles. The van der Waals surface area contributed by atoms with Crippen LogP contribution in [0.25, 0.3) is 10.8 Å². The van der Waals surface area contributed by atoms with Gasteiger partial charge in [0.2, 0.25) is 5.91 Å². The summed E-state index contributed by atoms with van der Waals surface area (Å²) in [6.07, 6.45) is 5.29. The summed E-state index contributed by atoms with van der Waals surface area (Å²) < 4.78 is 0. The molecule has 0 aliphatic carbocycles. The summed E-state index contributed by atoms with van der Waals surface area (Å²) in [5.74, 6) is 2.20. The monoisotopic (exact) mass is 602 g/mol. The van der Waals surface area contributed by atoms with Gasteiger partial charge in [-0.2, -0.15) is 16.8 Å². The molecule has 0 radical (unpaired) electrons. The van der Waals surface area contributed by atoms with Gasteiger partial charge in [-0.3, -0.25) is 9.63 Å². The number of thioether (sulfide) groups is 1. The quantitative estimate of drug-likeness (QED) is 0.0579. The second-order valence-electron chi connectivity index (χ2n) is 11.3. The average molecular weight is 603 g/mol. The number of amides is 3. The van der Waals surface area contributed by atoms with Crippen LogP contribution < -0.4 is 27.0 Å². The fourth-order valence-electron chi connectivity index (χ4n) is 4.35. The number of hydrogen-bond donors (Lipinski definition) is 5. The minimum Gasteiger partial charge on any atom is -0.398 e. The second-order valence-corrected chi connectivity index (χ2v) is 12.4. The van der Waals surface area contributed by atoms with E-state index < -0.39 is 0 Å². The molecule has 2 aromatic rings. The van der Waals surface area contributed by atoms with Crippen LogP contribution in [0.3, 0.4) is 0 Å². The summed E-state index contributed by atoms with van der Waals surface area (Å²) in [7, 11) is 3.71. The number of rotatable bonds is 13. The average Bonchev–Trinajstić information content (AvgIpc) is 3.54. The van der Waals surface area contributed by atoms with Crippen molar-refractivity contribution in [3.8, 4) is 0 Å². The molecule has 0 aromatic heterocycles. The van der Waals surface area contributed by atoms with E-state index in [1.807, 2.05) is 50.9 Å². The van der Waals surface area contributed by atoms with Crippen LogP contribution in [0.1, 0.15) is 58.4 Å². The molecular formula is C31H50N6O4S. The highest BCUT2D eigenvalue weighted by atomic mass is 32.2. The molecule has 6 N–H and O–H groups in total. The largest absolute Gasteiger partial charge is 0.398 e. The van der Waals surface area contributed by atoms with E-state index in [-0.39, 0.29) is 17.4 Å². The third kappa shape index (κ3) is 12.6. The topological polar surface area (TPSA) is 138 Å². The molecule has 42 heavy (non-hydrogen) atoms. The molecule has 2 fully saturated rings. The Labute approximate surface area is 255 Å². The van der Waals surface area contributed by atoms with E-state index in [4.69, 9.17) is 10.6 Å². The van der Waals surface area contributed by atoms with Crippen molar-refractivity contribution >= 4 is 46.4 Å². The normalized spacial score (nSPS) is 17.3. The molecule has 11 heteroatoms. The molecule has 2 aliphatic rings. The Balaban J connectivity index is 0.000000232. The number of anilines is 1. The summed E-state index contributed by atoms with van der Waals surface area (Å²) in [6, 6.07) is 13.1. The van der Waals surface area contributed by atoms with Crippen molar-refractivity contribution in [2.75, 3.05) is 44.6 Å². The van der Waals surface area contributed by atoms with Crippen molar-refractivity contribution in [2.45, 2.75) is 71.5 Å². The van der Waals surface area contributed by atoms with Crippen molar-refractivity contribution in [3.63, 3.8) is 0 Å². The van der Waals surface area contributed by atoms with E-state index in [2.05, 4.69) is 46.4 Å². The number of fused-ring (bicyclic) bond motifs is 2. The zero-order valence-corrected chi connectivity index (χ0v) is 26.6. The predicted octanol–water partition coefficient (Wildman–Crippen LogP) is 4.04. The molecule has 234 valence electrons. The van der Waals surface area contributed by atoms with E-state index in [1.165, 1.54) is 10.9 Å². The molecule has 2 saturated heterocycles. The number of hydroxylamine groups is 2. The summed E-state index contributed by atoms with van der Waals surface area (Å²) in [4.78, 5) is 38.2. The first-order valence-corrected chi connectivity index (χ1v) is 15.9. The molecule has 2 aliphatic heterocycles. The number of nitrogen functional groups attached to an aromatic ring is 1. The lowest BCUT2D eigenvalue weighted by Gasteiger charge is -2.21. The maximum Gasteiger partial charge on any atom is 0.315 e. The highest BCUT2D eigenvalue weighted by Gasteiger charge is 2.35. The van der Waals surface area contributed by atoms with E-state index in [9.17, 15) is 14.4 Å². The van der Waals surface area contributed by atoms with E-state index in [1.54, 1.807) is 12.1 Å². The minimum absolute atomic E-state index is 0.00491. The number of nitrogens with zero attached hydrogens (tertiary/aromatic N) is 1. The van der Waals surface area contributed by atoms with Crippen molar-refractivity contribution in [1.82, 2.24) is 26.3 Å². The molecule has 4 rings (SSSR count). The lowest BCUT2D eigenvalue weighted by atomic mass is 9.92. The summed E-state index contributed by atoms with van der Waals surface area (Å²) in [6.45, 7) is 7.57. The van der Waals surface area contributed by atoms with Gasteiger partial charge in [0.25, 0.3) is 0 Å². The SMILES string of the molecule is CCCCCC(=O)NCN(C)OCCC(C)(C)C=O.CNCc1cccc2c(N)cccc12.O=C1N[C@H]2CSC[C@H]2N1. The molecule has 2 heterocycles. The summed E-state index contributed by atoms with van der Waals surface area (Å²) >= 11 is 1.89. The number of aldehydes is 1. The third-order valence-electron chi connectivity index (χ3n) is 7.01. The van der Waals surface area contributed by atoms with Gasteiger partial charge in [-0.25, -0.2) is 4.79 Å². The highest BCUT2D eigenvalue weighted by Crippen LogP contribution is 2.24. The van der Waals surface area contributed by atoms with Gasteiger partial charge in [-0.1, -0.05) is 63.9 Å². The fraction of sp³-hybridized carbons (Fsp3) is 0.581. The van der Waals surface area contributed by atoms with E-state index >= 15 is 0 Å². The van der Waals surface area contributed by atoms with Gasteiger partial charge in [0.15, 0.2) is 0 Å². The first-order valence-electron chi connectivity index (χ1n) is 14.7. The summed E-state index contributed by atoms with van der Waals surface area (Å²) in [5.41, 5.74) is 7.68. The third-order valence-corrected chi connectivity index (χ3v) is 8.20.